The molecule has 0 saturated heterocycles. The lowest BCUT2D eigenvalue weighted by atomic mass is 10.1. The molecule has 0 atom stereocenters. The lowest BCUT2D eigenvalue weighted by molar-refractivity contribution is -0.161. The number of nitrogens with zero attached hydrogens (tertiary/aromatic N) is 4. The lowest BCUT2D eigenvalue weighted by Crippen LogP contribution is -2.25. The number of aromatic nitrogens is 2. The Kier molecular flexibility index (Phi) is 10.6. The molecular weight excluding hydrogens is 506 g/mol. The van der Waals surface area contributed by atoms with E-state index in [-0.39, 0.29) is 0 Å². The molecule has 0 bridgehead atoms. The first-order valence-electron chi connectivity index (χ1n) is 11.3. The normalized spacial score (nSPS) is 13.3. The van der Waals surface area contributed by atoms with E-state index in [1.807, 2.05) is 37.1 Å². The Balaban J connectivity index is 0.000000604. The summed E-state index contributed by atoms with van der Waals surface area (Å²) >= 11 is 6.23. The molecule has 0 saturated carbocycles. The number of carbonyl (C=O) groups is 1. The van der Waals surface area contributed by atoms with Crippen LogP contribution in [-0.2, 0) is 16.0 Å². The molecule has 1 aliphatic heterocycles. The Morgan fingerprint density at radius 3 is 2.59 bits per heavy atom. The molecule has 2 aromatic rings. The second-order valence-corrected chi connectivity index (χ2v) is 8.70. The van der Waals surface area contributed by atoms with Gasteiger partial charge in [-0.3, -0.25) is 0 Å². The van der Waals surface area contributed by atoms with Gasteiger partial charge in [-0.1, -0.05) is 30.3 Å². The molecule has 1 aliphatic rings. The Hall–Kier alpha value is -3.50. The number of anilines is 3. The number of allylic oxidation sites excluding steroid dienone is 4. The van der Waals surface area contributed by atoms with Crippen LogP contribution in [0.2, 0.25) is 5.02 Å². The minimum atomic E-state index is -3.58. The number of aliphatic hydroxyl groups excluding tert-OH is 1. The van der Waals surface area contributed by atoms with Crippen molar-refractivity contribution < 1.29 is 28.5 Å². The zero-order valence-electron chi connectivity index (χ0n) is 21.2. The highest BCUT2D eigenvalue weighted by Gasteiger charge is 2.31. The highest BCUT2D eigenvalue weighted by atomic mass is 35.5. The minimum absolute atomic E-state index is 0.329. The highest BCUT2D eigenvalue weighted by molar-refractivity contribution is 6.31. The smallest absolute Gasteiger partial charge is 0.374 e. The number of hydrogen-bond acceptors (Lipinski definition) is 7. The third-order valence-electron chi connectivity index (χ3n) is 5.44. The second-order valence-electron chi connectivity index (χ2n) is 8.29. The number of benzene rings is 1. The van der Waals surface area contributed by atoms with Crippen molar-refractivity contribution in [2.75, 3.05) is 43.7 Å². The summed E-state index contributed by atoms with van der Waals surface area (Å²) in [5.74, 6) is -4.21. The zero-order valence-corrected chi connectivity index (χ0v) is 22.0. The summed E-state index contributed by atoms with van der Waals surface area (Å²) in [6.45, 7) is 8.13. The highest BCUT2D eigenvalue weighted by Crippen LogP contribution is 2.38. The first-order valence-corrected chi connectivity index (χ1v) is 11.7. The van der Waals surface area contributed by atoms with Crippen LogP contribution in [0, 0.1) is 6.92 Å². The third-order valence-corrected chi connectivity index (χ3v) is 5.86. The van der Waals surface area contributed by atoms with Crippen LogP contribution >= 0.6 is 11.6 Å². The standard InChI is InChI=1S/C23H27ClN4O2.C3H4F2O2/c1-5-6-17(10-13-29)21-19-9-11-28(18-7-8-20(24)16(2)15-18)22(19)26-23(25-21)27(3)12-14-30-4;1-3(4,5)2(6)7/h5-8,10,13,15,29H,1,9,11-12,14H2,2-4H3;1H3,(H,6,7)/b13-10+,17-6+;. The van der Waals surface area contributed by atoms with Gasteiger partial charge in [-0.2, -0.15) is 13.8 Å². The molecule has 1 aromatic carbocycles. The van der Waals surface area contributed by atoms with Crippen molar-refractivity contribution in [2.45, 2.75) is 26.2 Å². The molecule has 0 aliphatic carbocycles. The van der Waals surface area contributed by atoms with Gasteiger partial charge < -0.3 is 24.7 Å². The average Bonchev–Trinajstić information content (AvgIpc) is 3.27. The zero-order chi connectivity index (χ0) is 27.8. The first kappa shape index (κ1) is 29.7. The number of likely N-dealkylation sites (N-methyl/N-ethyl adjacent to an activating group) is 1. The van der Waals surface area contributed by atoms with Crippen molar-refractivity contribution in [1.29, 1.82) is 0 Å². The van der Waals surface area contributed by atoms with Gasteiger partial charge in [0.15, 0.2) is 0 Å². The number of ether oxygens (including phenoxy) is 1. The van der Waals surface area contributed by atoms with Crippen LogP contribution in [-0.4, -0.2) is 65.9 Å². The lowest BCUT2D eigenvalue weighted by Gasteiger charge is -2.23. The molecule has 0 fully saturated rings. The van der Waals surface area contributed by atoms with E-state index in [0.717, 1.165) is 58.1 Å². The molecule has 11 heteroatoms. The van der Waals surface area contributed by atoms with Crippen LogP contribution in [0.1, 0.15) is 23.7 Å². The van der Waals surface area contributed by atoms with Crippen molar-refractivity contribution in [3.05, 3.63) is 71.1 Å². The number of aryl methyl sites for hydroxylation is 1. The number of rotatable bonds is 9. The van der Waals surface area contributed by atoms with E-state index >= 15 is 0 Å². The van der Waals surface area contributed by atoms with Crippen molar-refractivity contribution in [3.63, 3.8) is 0 Å². The van der Waals surface area contributed by atoms with Crippen LogP contribution in [0.5, 0.6) is 0 Å². The van der Waals surface area contributed by atoms with Gasteiger partial charge in [-0.25, -0.2) is 9.78 Å². The quantitative estimate of drug-likeness (QED) is 0.316. The molecule has 0 unspecified atom stereocenters. The monoisotopic (exact) mass is 536 g/mol. The molecule has 0 spiro atoms. The molecule has 0 radical (unpaired) electrons. The van der Waals surface area contributed by atoms with Gasteiger partial charge in [0.25, 0.3) is 0 Å². The molecule has 0 amide bonds. The Morgan fingerprint density at radius 1 is 1.38 bits per heavy atom. The van der Waals surface area contributed by atoms with Crippen molar-refractivity contribution >= 4 is 40.6 Å². The first-order chi connectivity index (χ1) is 17.4. The maximum absolute atomic E-state index is 11.2. The van der Waals surface area contributed by atoms with Crippen LogP contribution < -0.4 is 9.80 Å². The van der Waals surface area contributed by atoms with E-state index < -0.39 is 11.9 Å². The van der Waals surface area contributed by atoms with E-state index in [1.54, 1.807) is 19.3 Å². The van der Waals surface area contributed by atoms with E-state index in [2.05, 4.69) is 17.5 Å². The number of carboxylic acids is 1. The average molecular weight is 537 g/mol. The number of aliphatic carboxylic acids is 1. The summed E-state index contributed by atoms with van der Waals surface area (Å²) < 4.78 is 27.7. The fourth-order valence-corrected chi connectivity index (χ4v) is 3.57. The van der Waals surface area contributed by atoms with Gasteiger partial charge >= 0.3 is 11.9 Å². The van der Waals surface area contributed by atoms with E-state index in [4.69, 9.17) is 31.4 Å². The van der Waals surface area contributed by atoms with Crippen LogP contribution in [0.4, 0.5) is 26.2 Å². The van der Waals surface area contributed by atoms with Gasteiger partial charge in [-0.15, -0.1) is 0 Å². The molecule has 3 rings (SSSR count). The number of hydrogen-bond donors (Lipinski definition) is 2. The summed E-state index contributed by atoms with van der Waals surface area (Å²) in [7, 11) is 3.61. The largest absolute Gasteiger partial charge is 0.516 e. The van der Waals surface area contributed by atoms with E-state index in [1.165, 1.54) is 0 Å². The minimum Gasteiger partial charge on any atom is -0.516 e. The Labute approximate surface area is 220 Å². The maximum atomic E-state index is 11.2. The number of alkyl halides is 2. The number of aliphatic hydroxyl groups is 1. The summed E-state index contributed by atoms with van der Waals surface area (Å²) in [6.07, 6.45) is 6.96. The molecular formula is C26H31ClF2N4O4. The fourth-order valence-electron chi connectivity index (χ4n) is 3.45. The summed E-state index contributed by atoms with van der Waals surface area (Å²) in [5.41, 5.74) is 4.67. The number of methoxy groups -OCH3 is 1. The number of fused-ring (bicyclic) bond motifs is 1. The topological polar surface area (TPSA) is 99.0 Å². The van der Waals surface area contributed by atoms with E-state index in [9.17, 15) is 18.7 Å². The second kappa shape index (κ2) is 13.2. The van der Waals surface area contributed by atoms with Gasteiger partial charge in [0.1, 0.15) is 5.82 Å². The van der Waals surface area contributed by atoms with Crippen LogP contribution in [0.15, 0.2) is 49.3 Å². The van der Waals surface area contributed by atoms with Crippen LogP contribution in [0.3, 0.4) is 0 Å². The third kappa shape index (κ3) is 7.74. The molecule has 8 nitrogen and oxygen atoms in total. The van der Waals surface area contributed by atoms with Gasteiger partial charge in [0, 0.05) is 56.0 Å². The predicted molar refractivity (Wildman–Crippen MR) is 142 cm³/mol. The molecule has 1 aromatic heterocycles. The fraction of sp³-hybridized carbons (Fsp3) is 0.346. The molecule has 200 valence electrons. The molecule has 2 N–H and O–H groups in total. The SMILES string of the molecule is C=C/C=C(\C=C\O)c1nc(N(C)CCOC)nc2c1CCN2c1ccc(Cl)c(C)c1.CC(F)(F)C(=O)O. The summed E-state index contributed by atoms with van der Waals surface area (Å²) in [6, 6.07) is 5.99. The van der Waals surface area contributed by atoms with Crippen molar-refractivity contribution in [3.8, 4) is 0 Å². The van der Waals surface area contributed by atoms with Gasteiger partial charge in [-0.05, 0) is 43.2 Å². The molecule has 37 heavy (non-hydrogen) atoms. The molecule has 2 heterocycles. The van der Waals surface area contributed by atoms with Crippen molar-refractivity contribution in [2.24, 2.45) is 0 Å². The Morgan fingerprint density at radius 2 is 2.05 bits per heavy atom. The van der Waals surface area contributed by atoms with Gasteiger partial charge in [0.05, 0.1) is 18.6 Å². The number of halogens is 3. The number of carboxylic acid groups (broad SMARTS) is 1. The van der Waals surface area contributed by atoms with Crippen LogP contribution in [0.25, 0.3) is 5.57 Å². The summed E-state index contributed by atoms with van der Waals surface area (Å²) in [4.78, 5) is 23.1. The van der Waals surface area contributed by atoms with E-state index in [0.29, 0.717) is 26.0 Å². The predicted octanol–water partition coefficient (Wildman–Crippen LogP) is 5.58. The Bertz CT molecular complexity index is 1180. The summed E-state index contributed by atoms with van der Waals surface area (Å²) in [5, 5.41) is 17.6. The van der Waals surface area contributed by atoms with Crippen molar-refractivity contribution in [1.82, 2.24) is 9.97 Å². The maximum Gasteiger partial charge on any atom is 0.374 e. The van der Waals surface area contributed by atoms with Gasteiger partial charge in [0.2, 0.25) is 5.95 Å².